The molecule has 82 valence electrons. The van der Waals surface area contributed by atoms with Crippen LogP contribution in [0.5, 0.6) is 0 Å². The van der Waals surface area contributed by atoms with Crippen molar-refractivity contribution in [3.05, 3.63) is 47.5 Å². The smallest absolute Gasteiger partial charge is 0.0236 e. The van der Waals surface area contributed by atoms with Crippen LogP contribution in [0, 0.1) is 6.92 Å². The summed E-state index contributed by atoms with van der Waals surface area (Å²) in [5, 5.41) is 0. The topological polar surface area (TPSA) is 3.24 Å². The zero-order chi connectivity index (χ0) is 11.1. The first-order valence-electron chi connectivity index (χ1n) is 5.23. The van der Waals surface area contributed by atoms with Crippen molar-refractivity contribution in [3.8, 4) is 0 Å². The summed E-state index contributed by atoms with van der Waals surface area (Å²) >= 11 is 4.13. The van der Waals surface area contributed by atoms with Gasteiger partial charge in [0.15, 0.2) is 0 Å². The van der Waals surface area contributed by atoms with Gasteiger partial charge < -0.3 is 0 Å². The maximum Gasteiger partial charge on any atom is 0.0236 e. The Labute approximate surface area is 98.2 Å². The Bertz CT molecular complexity index is 320. The quantitative estimate of drug-likeness (QED) is 0.591. The van der Waals surface area contributed by atoms with Crippen molar-refractivity contribution in [2.24, 2.45) is 0 Å². The molecular weight excluding hydrogens is 202 g/mol. The second-order valence-electron chi connectivity index (χ2n) is 3.78. The van der Waals surface area contributed by atoms with Gasteiger partial charge in [-0.25, -0.2) is 0 Å². The number of benzene rings is 1. The van der Waals surface area contributed by atoms with Crippen LogP contribution in [-0.2, 0) is 6.54 Å². The number of nitrogens with zero attached hydrogens (tertiary/aromatic N) is 1. The molecule has 1 nitrogen and oxygen atoms in total. The van der Waals surface area contributed by atoms with E-state index in [4.69, 9.17) is 0 Å². The molecule has 1 rings (SSSR count). The van der Waals surface area contributed by atoms with Crippen molar-refractivity contribution >= 4 is 12.6 Å². The summed E-state index contributed by atoms with van der Waals surface area (Å²) < 4.78 is 0. The molecule has 0 aromatic heterocycles. The van der Waals surface area contributed by atoms with E-state index in [1.165, 1.54) is 11.1 Å². The molecule has 15 heavy (non-hydrogen) atoms. The molecule has 0 aliphatic carbocycles. The minimum Gasteiger partial charge on any atom is -0.298 e. The van der Waals surface area contributed by atoms with Crippen molar-refractivity contribution in [2.75, 3.05) is 19.3 Å². The van der Waals surface area contributed by atoms with Gasteiger partial charge in [-0.1, -0.05) is 36.4 Å². The molecular formula is C13H19NS. The monoisotopic (exact) mass is 221 g/mol. The summed E-state index contributed by atoms with van der Waals surface area (Å²) in [6.07, 6.45) is 4.24. The van der Waals surface area contributed by atoms with E-state index in [2.05, 4.69) is 67.9 Å². The van der Waals surface area contributed by atoms with E-state index >= 15 is 0 Å². The van der Waals surface area contributed by atoms with Gasteiger partial charge in [-0.3, -0.25) is 4.90 Å². The highest BCUT2D eigenvalue weighted by atomic mass is 32.1. The molecule has 1 aromatic rings. The van der Waals surface area contributed by atoms with Gasteiger partial charge in [0.25, 0.3) is 0 Å². The van der Waals surface area contributed by atoms with Gasteiger partial charge >= 0.3 is 0 Å². The van der Waals surface area contributed by atoms with E-state index in [0.29, 0.717) is 0 Å². The zero-order valence-corrected chi connectivity index (χ0v) is 10.4. The molecule has 0 saturated heterocycles. The number of thiol groups is 1. The fourth-order valence-corrected chi connectivity index (χ4v) is 1.62. The number of rotatable bonds is 5. The molecule has 0 spiro atoms. The molecule has 0 aliphatic rings. The summed E-state index contributed by atoms with van der Waals surface area (Å²) in [5.41, 5.74) is 2.77. The predicted molar refractivity (Wildman–Crippen MR) is 70.5 cm³/mol. The zero-order valence-electron chi connectivity index (χ0n) is 9.48. The van der Waals surface area contributed by atoms with E-state index in [9.17, 15) is 0 Å². The Morgan fingerprint density at radius 3 is 2.67 bits per heavy atom. The number of hydrogen-bond donors (Lipinski definition) is 1. The third-order valence-electron chi connectivity index (χ3n) is 2.39. The first-order valence-corrected chi connectivity index (χ1v) is 5.86. The first kappa shape index (κ1) is 12.3. The second-order valence-corrected chi connectivity index (χ2v) is 4.14. The van der Waals surface area contributed by atoms with Crippen LogP contribution < -0.4 is 0 Å². The van der Waals surface area contributed by atoms with E-state index in [1.807, 2.05) is 0 Å². The summed E-state index contributed by atoms with van der Waals surface area (Å²) in [7, 11) is 2.13. The van der Waals surface area contributed by atoms with Crippen LogP contribution in [0.2, 0.25) is 0 Å². The maximum absolute atomic E-state index is 4.13. The minimum atomic E-state index is 0.818. The predicted octanol–water partition coefficient (Wildman–Crippen LogP) is 2.91. The molecule has 0 unspecified atom stereocenters. The largest absolute Gasteiger partial charge is 0.298 e. The standard InChI is InChI=1S/C13H19NS/c1-12-7-3-4-8-13(12)11-14(2)9-5-6-10-15/h3-8,15H,9-11H2,1-2H3. The average Bonchev–Trinajstić information content (AvgIpc) is 2.22. The highest BCUT2D eigenvalue weighted by Gasteiger charge is 2.00. The lowest BCUT2D eigenvalue weighted by Gasteiger charge is -2.15. The van der Waals surface area contributed by atoms with Crippen LogP contribution in [0.3, 0.4) is 0 Å². The van der Waals surface area contributed by atoms with Crippen molar-refractivity contribution in [2.45, 2.75) is 13.5 Å². The Morgan fingerprint density at radius 2 is 2.00 bits per heavy atom. The van der Waals surface area contributed by atoms with Crippen molar-refractivity contribution in [3.63, 3.8) is 0 Å². The third-order valence-corrected chi connectivity index (χ3v) is 2.60. The Hall–Kier alpha value is -0.730. The van der Waals surface area contributed by atoms with Gasteiger partial charge in [0.1, 0.15) is 0 Å². The summed E-state index contributed by atoms with van der Waals surface area (Å²) in [6.45, 7) is 4.14. The number of hydrogen-bond acceptors (Lipinski definition) is 2. The summed E-state index contributed by atoms with van der Waals surface area (Å²) in [6, 6.07) is 8.53. The van der Waals surface area contributed by atoms with E-state index in [1.54, 1.807) is 0 Å². The molecule has 0 bridgehead atoms. The van der Waals surface area contributed by atoms with Gasteiger partial charge in [0, 0.05) is 18.8 Å². The van der Waals surface area contributed by atoms with E-state index in [-0.39, 0.29) is 0 Å². The summed E-state index contributed by atoms with van der Waals surface area (Å²) in [4.78, 5) is 2.29. The lowest BCUT2D eigenvalue weighted by atomic mass is 10.1. The molecule has 0 aliphatic heterocycles. The fourth-order valence-electron chi connectivity index (χ4n) is 1.47. The molecule has 0 N–H and O–H groups in total. The SMILES string of the molecule is Cc1ccccc1CN(C)CC=CCS. The fraction of sp³-hybridized carbons (Fsp3) is 0.385. The lowest BCUT2D eigenvalue weighted by molar-refractivity contribution is 0.362. The van der Waals surface area contributed by atoms with Crippen LogP contribution in [0.4, 0.5) is 0 Å². The second kappa shape index (κ2) is 6.70. The normalized spacial score (nSPS) is 11.5. The molecule has 0 amide bonds. The molecule has 0 atom stereocenters. The molecule has 0 heterocycles. The third kappa shape index (κ3) is 4.54. The van der Waals surface area contributed by atoms with Gasteiger partial charge in [0.2, 0.25) is 0 Å². The summed E-state index contributed by atoms with van der Waals surface area (Å²) in [5.74, 6) is 0.818. The van der Waals surface area contributed by atoms with Crippen molar-refractivity contribution < 1.29 is 0 Å². The number of aryl methyl sites for hydroxylation is 1. The van der Waals surface area contributed by atoms with Crippen molar-refractivity contribution in [1.82, 2.24) is 4.90 Å². The Balaban J connectivity index is 2.47. The highest BCUT2D eigenvalue weighted by molar-refractivity contribution is 7.80. The Morgan fingerprint density at radius 1 is 1.27 bits per heavy atom. The van der Waals surface area contributed by atoms with E-state index in [0.717, 1.165) is 18.8 Å². The molecule has 0 saturated carbocycles. The maximum atomic E-state index is 4.13. The average molecular weight is 221 g/mol. The van der Waals surface area contributed by atoms with Crippen molar-refractivity contribution in [1.29, 1.82) is 0 Å². The lowest BCUT2D eigenvalue weighted by Crippen LogP contribution is -2.18. The highest BCUT2D eigenvalue weighted by Crippen LogP contribution is 2.09. The van der Waals surface area contributed by atoms with Crippen LogP contribution in [0.15, 0.2) is 36.4 Å². The van der Waals surface area contributed by atoms with Crippen LogP contribution in [-0.4, -0.2) is 24.2 Å². The molecule has 0 fully saturated rings. The molecule has 2 heteroatoms. The minimum absolute atomic E-state index is 0.818. The van der Waals surface area contributed by atoms with Crippen LogP contribution in [0.25, 0.3) is 0 Å². The van der Waals surface area contributed by atoms with Gasteiger partial charge in [-0.05, 0) is 25.1 Å². The van der Waals surface area contributed by atoms with Gasteiger partial charge in [-0.15, -0.1) is 0 Å². The van der Waals surface area contributed by atoms with Gasteiger partial charge in [0.05, 0.1) is 0 Å². The van der Waals surface area contributed by atoms with E-state index < -0.39 is 0 Å². The molecule has 0 radical (unpaired) electrons. The molecule has 1 aromatic carbocycles. The van der Waals surface area contributed by atoms with Gasteiger partial charge in [-0.2, -0.15) is 12.6 Å². The van der Waals surface area contributed by atoms with Crippen LogP contribution >= 0.6 is 12.6 Å². The Kier molecular flexibility index (Phi) is 5.51. The van der Waals surface area contributed by atoms with Crippen LogP contribution in [0.1, 0.15) is 11.1 Å². The first-order chi connectivity index (χ1) is 7.24. The number of likely N-dealkylation sites (N-methyl/N-ethyl adjacent to an activating group) is 1.